The zero-order valence-corrected chi connectivity index (χ0v) is 9.10. The smallest absolute Gasteiger partial charge is 0.252 e. The van der Waals surface area contributed by atoms with Crippen molar-refractivity contribution in [3.05, 3.63) is 22.7 Å². The van der Waals surface area contributed by atoms with Gasteiger partial charge in [-0.3, -0.25) is 4.79 Å². The van der Waals surface area contributed by atoms with Gasteiger partial charge >= 0.3 is 0 Å². The number of hydrogen-bond donors (Lipinski definition) is 2. The molecular weight excluding hydrogens is 204 g/mol. The van der Waals surface area contributed by atoms with Crippen molar-refractivity contribution in [1.82, 2.24) is 9.97 Å². The SMILES string of the molecule is NC1CC2CCC(C1)N2c1cc(=O)[nH]cn1. The van der Waals surface area contributed by atoms with Crippen molar-refractivity contribution in [3.8, 4) is 0 Å². The van der Waals surface area contributed by atoms with Gasteiger partial charge in [-0.1, -0.05) is 0 Å². The fourth-order valence-corrected chi connectivity index (χ4v) is 3.09. The molecule has 0 aromatic carbocycles. The molecule has 0 amide bonds. The van der Waals surface area contributed by atoms with Crippen molar-refractivity contribution in [1.29, 1.82) is 0 Å². The lowest BCUT2D eigenvalue weighted by atomic mass is 9.98. The molecule has 2 atom stereocenters. The van der Waals surface area contributed by atoms with E-state index < -0.39 is 0 Å². The van der Waals surface area contributed by atoms with Crippen LogP contribution < -0.4 is 16.2 Å². The average molecular weight is 220 g/mol. The van der Waals surface area contributed by atoms with Crippen LogP contribution in [0.3, 0.4) is 0 Å². The highest BCUT2D eigenvalue weighted by Gasteiger charge is 2.40. The van der Waals surface area contributed by atoms with E-state index in [1.54, 1.807) is 6.07 Å². The van der Waals surface area contributed by atoms with Gasteiger partial charge in [-0.2, -0.15) is 0 Å². The maximum atomic E-state index is 11.3. The molecule has 1 aromatic heterocycles. The quantitative estimate of drug-likeness (QED) is 0.710. The Balaban J connectivity index is 1.94. The first-order valence-electron chi connectivity index (χ1n) is 5.82. The van der Waals surface area contributed by atoms with Crippen molar-refractivity contribution in [2.45, 2.75) is 43.8 Å². The van der Waals surface area contributed by atoms with Crippen LogP contribution in [0.4, 0.5) is 5.82 Å². The van der Waals surface area contributed by atoms with Gasteiger partial charge in [0.1, 0.15) is 5.82 Å². The number of piperidine rings is 1. The van der Waals surface area contributed by atoms with Crippen molar-refractivity contribution in [3.63, 3.8) is 0 Å². The van der Waals surface area contributed by atoms with E-state index in [0.717, 1.165) is 18.7 Å². The summed E-state index contributed by atoms with van der Waals surface area (Å²) in [4.78, 5) is 20.4. The van der Waals surface area contributed by atoms with Gasteiger partial charge in [0.25, 0.3) is 5.56 Å². The minimum Gasteiger partial charge on any atom is -0.350 e. The summed E-state index contributed by atoms with van der Waals surface area (Å²) in [6.07, 6.45) is 5.86. The Hall–Kier alpha value is -1.36. The second-order valence-corrected chi connectivity index (χ2v) is 4.79. The van der Waals surface area contributed by atoms with Crippen molar-refractivity contribution < 1.29 is 0 Å². The van der Waals surface area contributed by atoms with Crippen LogP contribution in [0.15, 0.2) is 17.2 Å². The predicted molar refractivity (Wildman–Crippen MR) is 61.4 cm³/mol. The molecule has 86 valence electrons. The fourth-order valence-electron chi connectivity index (χ4n) is 3.09. The number of fused-ring (bicyclic) bond motifs is 2. The second-order valence-electron chi connectivity index (χ2n) is 4.79. The minimum atomic E-state index is -0.0840. The van der Waals surface area contributed by atoms with Crippen LogP contribution in [0.25, 0.3) is 0 Å². The number of nitrogens with one attached hydrogen (secondary N) is 1. The molecule has 2 aliphatic heterocycles. The average Bonchev–Trinajstić information content (AvgIpc) is 2.51. The molecule has 2 saturated heterocycles. The molecule has 16 heavy (non-hydrogen) atoms. The van der Waals surface area contributed by atoms with Gasteiger partial charge in [-0.15, -0.1) is 0 Å². The Morgan fingerprint density at radius 1 is 1.38 bits per heavy atom. The Kier molecular flexibility index (Phi) is 2.21. The highest BCUT2D eigenvalue weighted by Crippen LogP contribution is 2.37. The monoisotopic (exact) mass is 220 g/mol. The summed E-state index contributed by atoms with van der Waals surface area (Å²) in [5, 5.41) is 0. The van der Waals surface area contributed by atoms with Crippen LogP contribution in [0.1, 0.15) is 25.7 Å². The fraction of sp³-hybridized carbons (Fsp3) is 0.636. The lowest BCUT2D eigenvalue weighted by Gasteiger charge is -2.38. The number of hydrogen-bond acceptors (Lipinski definition) is 4. The molecule has 0 aliphatic carbocycles. The van der Waals surface area contributed by atoms with E-state index >= 15 is 0 Å². The van der Waals surface area contributed by atoms with Crippen LogP contribution in [-0.2, 0) is 0 Å². The van der Waals surface area contributed by atoms with E-state index in [4.69, 9.17) is 5.73 Å². The number of aromatic amines is 1. The zero-order chi connectivity index (χ0) is 11.1. The number of H-pyrrole nitrogens is 1. The van der Waals surface area contributed by atoms with Crippen molar-refractivity contribution in [2.24, 2.45) is 5.73 Å². The molecule has 3 rings (SSSR count). The Morgan fingerprint density at radius 3 is 2.69 bits per heavy atom. The molecule has 3 heterocycles. The lowest BCUT2D eigenvalue weighted by Crippen LogP contribution is -2.48. The van der Waals surface area contributed by atoms with Crippen LogP contribution in [0, 0.1) is 0 Å². The first kappa shape index (κ1) is 9.84. The lowest BCUT2D eigenvalue weighted by molar-refractivity contribution is 0.412. The molecule has 0 radical (unpaired) electrons. The van der Waals surface area contributed by atoms with Gasteiger partial charge in [0.15, 0.2) is 0 Å². The summed E-state index contributed by atoms with van der Waals surface area (Å²) in [6.45, 7) is 0. The van der Waals surface area contributed by atoms with Crippen molar-refractivity contribution in [2.75, 3.05) is 4.90 Å². The topological polar surface area (TPSA) is 75.0 Å². The van der Waals surface area contributed by atoms with E-state index in [9.17, 15) is 4.79 Å². The van der Waals surface area contributed by atoms with Crippen LogP contribution in [-0.4, -0.2) is 28.1 Å². The van der Waals surface area contributed by atoms with E-state index in [1.807, 2.05) is 0 Å². The standard InChI is InChI=1S/C11H16N4O/c12-7-3-8-1-2-9(4-7)15(8)10-5-11(16)14-6-13-10/h5-9H,1-4,12H2,(H,13,14,16). The zero-order valence-electron chi connectivity index (χ0n) is 9.10. The van der Waals surface area contributed by atoms with Crippen LogP contribution in [0.5, 0.6) is 0 Å². The third-order valence-corrected chi connectivity index (χ3v) is 3.70. The second kappa shape index (κ2) is 3.59. The number of nitrogens with zero attached hydrogens (tertiary/aromatic N) is 2. The highest BCUT2D eigenvalue weighted by molar-refractivity contribution is 5.42. The van der Waals surface area contributed by atoms with Gasteiger partial charge in [0.05, 0.1) is 6.33 Å². The van der Waals surface area contributed by atoms with Gasteiger partial charge in [0.2, 0.25) is 0 Å². The van der Waals surface area contributed by atoms with Gasteiger partial charge in [-0.25, -0.2) is 4.98 Å². The minimum absolute atomic E-state index is 0.0840. The molecule has 2 unspecified atom stereocenters. The number of nitrogens with two attached hydrogens (primary N) is 1. The summed E-state index contributed by atoms with van der Waals surface area (Å²) in [5.74, 6) is 0.808. The van der Waals surface area contributed by atoms with E-state index in [1.165, 1.54) is 19.2 Å². The van der Waals surface area contributed by atoms with Crippen LogP contribution in [0.2, 0.25) is 0 Å². The summed E-state index contributed by atoms with van der Waals surface area (Å²) < 4.78 is 0. The number of rotatable bonds is 1. The molecular formula is C11H16N4O. The van der Waals surface area contributed by atoms with Gasteiger partial charge < -0.3 is 15.6 Å². The van der Waals surface area contributed by atoms with Crippen LogP contribution >= 0.6 is 0 Å². The molecule has 0 saturated carbocycles. The summed E-state index contributed by atoms with van der Waals surface area (Å²) in [7, 11) is 0. The molecule has 5 nitrogen and oxygen atoms in total. The Labute approximate surface area is 93.7 Å². The maximum Gasteiger partial charge on any atom is 0.252 e. The first-order chi connectivity index (χ1) is 7.74. The summed E-state index contributed by atoms with van der Waals surface area (Å²) in [5.41, 5.74) is 5.93. The normalized spacial score (nSPS) is 33.1. The first-order valence-corrected chi connectivity index (χ1v) is 5.82. The third-order valence-electron chi connectivity index (χ3n) is 3.70. The maximum absolute atomic E-state index is 11.3. The Bertz CT molecular complexity index is 430. The predicted octanol–water partition coefficient (Wildman–Crippen LogP) is 0.228. The molecule has 2 fully saturated rings. The molecule has 2 bridgehead atoms. The molecule has 0 spiro atoms. The van der Waals surface area contributed by atoms with E-state index in [-0.39, 0.29) is 5.56 Å². The Morgan fingerprint density at radius 2 is 2.06 bits per heavy atom. The molecule has 2 aliphatic rings. The summed E-state index contributed by atoms with van der Waals surface area (Å²) >= 11 is 0. The third kappa shape index (κ3) is 1.51. The highest BCUT2D eigenvalue weighted by atomic mass is 16.1. The largest absolute Gasteiger partial charge is 0.350 e. The summed E-state index contributed by atoms with van der Waals surface area (Å²) in [6, 6.07) is 2.85. The molecule has 5 heteroatoms. The van der Waals surface area contributed by atoms with E-state index in [2.05, 4.69) is 14.9 Å². The number of aromatic nitrogens is 2. The van der Waals surface area contributed by atoms with Gasteiger partial charge in [0, 0.05) is 24.2 Å². The molecule has 3 N–H and O–H groups in total. The van der Waals surface area contributed by atoms with Gasteiger partial charge in [-0.05, 0) is 25.7 Å². The molecule has 1 aromatic rings. The van der Waals surface area contributed by atoms with Crippen molar-refractivity contribution >= 4 is 5.82 Å². The number of anilines is 1. The van der Waals surface area contributed by atoms with E-state index in [0.29, 0.717) is 18.1 Å².